The number of benzene rings is 1. The number of halogens is 3. The van der Waals surface area contributed by atoms with E-state index < -0.39 is 17.2 Å². The lowest BCUT2D eigenvalue weighted by Gasteiger charge is -2.21. The molecule has 0 bridgehead atoms. The van der Waals surface area contributed by atoms with Crippen LogP contribution in [0.2, 0.25) is 0 Å². The number of alkyl halides is 3. The van der Waals surface area contributed by atoms with E-state index in [1.54, 1.807) is 19.9 Å². The van der Waals surface area contributed by atoms with Crippen LogP contribution in [0.25, 0.3) is 0 Å². The van der Waals surface area contributed by atoms with Gasteiger partial charge in [-0.15, -0.1) is 6.42 Å². The van der Waals surface area contributed by atoms with Crippen molar-refractivity contribution in [2.24, 2.45) is 0 Å². The van der Waals surface area contributed by atoms with Gasteiger partial charge in [-0.3, -0.25) is 0 Å². The summed E-state index contributed by atoms with van der Waals surface area (Å²) in [6.07, 6.45) is 0.853. The van der Waals surface area contributed by atoms with Crippen molar-refractivity contribution < 1.29 is 17.9 Å². The second kappa shape index (κ2) is 4.33. The van der Waals surface area contributed by atoms with Crippen molar-refractivity contribution in [3.05, 3.63) is 29.3 Å². The average molecular weight is 242 g/mol. The lowest BCUT2D eigenvalue weighted by molar-refractivity contribution is -0.138. The van der Waals surface area contributed by atoms with Gasteiger partial charge in [-0.25, -0.2) is 0 Å². The molecule has 0 heterocycles. The summed E-state index contributed by atoms with van der Waals surface area (Å²) in [6.45, 7) is 3.38. The van der Waals surface area contributed by atoms with Crippen molar-refractivity contribution in [3.63, 3.8) is 0 Å². The molecule has 0 unspecified atom stereocenters. The van der Waals surface area contributed by atoms with Crippen LogP contribution in [-0.2, 0) is 11.6 Å². The Morgan fingerprint density at radius 1 is 1.24 bits per heavy atom. The molecule has 0 aliphatic carbocycles. The highest BCUT2D eigenvalue weighted by Crippen LogP contribution is 2.38. The number of hydrogen-bond acceptors (Lipinski definition) is 1. The van der Waals surface area contributed by atoms with Crippen LogP contribution in [0.3, 0.4) is 0 Å². The van der Waals surface area contributed by atoms with Gasteiger partial charge < -0.3 is 4.74 Å². The monoisotopic (exact) mass is 242 g/mol. The molecule has 0 N–H and O–H groups in total. The molecule has 0 aliphatic rings. The van der Waals surface area contributed by atoms with Gasteiger partial charge in [0.15, 0.2) is 0 Å². The van der Waals surface area contributed by atoms with Crippen molar-refractivity contribution >= 4 is 0 Å². The second-order valence-corrected chi connectivity index (χ2v) is 4.18. The van der Waals surface area contributed by atoms with Crippen LogP contribution in [-0.4, -0.2) is 7.11 Å². The molecule has 0 atom stereocenters. The highest BCUT2D eigenvalue weighted by Gasteiger charge is 2.35. The van der Waals surface area contributed by atoms with Crippen LogP contribution in [0.1, 0.15) is 25.0 Å². The topological polar surface area (TPSA) is 9.23 Å². The summed E-state index contributed by atoms with van der Waals surface area (Å²) in [5.41, 5.74) is -1.11. The number of ether oxygens (including phenoxy) is 1. The molecule has 0 saturated heterocycles. The molecule has 0 amide bonds. The van der Waals surface area contributed by atoms with E-state index in [4.69, 9.17) is 11.2 Å². The van der Waals surface area contributed by atoms with Crippen molar-refractivity contribution in [2.75, 3.05) is 7.11 Å². The SMILES string of the molecule is C#CC(C)(C)c1ccc(OC)c(C(F)(F)F)c1. The highest BCUT2D eigenvalue weighted by molar-refractivity contribution is 5.44. The molecule has 0 aromatic heterocycles. The van der Waals surface area contributed by atoms with Gasteiger partial charge in [-0.05, 0) is 31.5 Å². The molecule has 0 radical (unpaired) electrons. The first kappa shape index (κ1) is 13.4. The molecule has 1 rings (SSSR count). The smallest absolute Gasteiger partial charge is 0.419 e. The first-order chi connectivity index (χ1) is 7.72. The summed E-state index contributed by atoms with van der Waals surface area (Å²) in [5, 5.41) is 0. The van der Waals surface area contributed by atoms with Gasteiger partial charge in [0.1, 0.15) is 5.75 Å². The fourth-order valence-electron chi connectivity index (χ4n) is 1.40. The van der Waals surface area contributed by atoms with E-state index in [-0.39, 0.29) is 5.75 Å². The third-order valence-electron chi connectivity index (χ3n) is 2.59. The zero-order valence-electron chi connectivity index (χ0n) is 9.85. The predicted molar refractivity (Wildman–Crippen MR) is 59.9 cm³/mol. The Morgan fingerprint density at radius 3 is 2.24 bits per heavy atom. The minimum atomic E-state index is -4.45. The number of rotatable bonds is 2. The summed E-state index contributed by atoms with van der Waals surface area (Å²) in [6, 6.07) is 3.88. The van der Waals surface area contributed by atoms with E-state index >= 15 is 0 Å². The first-order valence-corrected chi connectivity index (χ1v) is 4.96. The largest absolute Gasteiger partial charge is 0.496 e. The van der Waals surface area contributed by atoms with Gasteiger partial charge in [0.25, 0.3) is 0 Å². The Bertz CT molecular complexity index is 453. The van der Waals surface area contributed by atoms with Crippen LogP contribution in [0.4, 0.5) is 13.2 Å². The highest BCUT2D eigenvalue weighted by atomic mass is 19.4. The zero-order valence-corrected chi connectivity index (χ0v) is 9.85. The summed E-state index contributed by atoms with van der Waals surface area (Å²) in [7, 11) is 1.20. The van der Waals surface area contributed by atoms with Crippen molar-refractivity contribution in [1.82, 2.24) is 0 Å². The molecule has 92 valence electrons. The van der Waals surface area contributed by atoms with Crippen LogP contribution >= 0.6 is 0 Å². The Balaban J connectivity index is 3.39. The predicted octanol–water partition coefficient (Wildman–Crippen LogP) is 3.62. The maximum atomic E-state index is 12.8. The van der Waals surface area contributed by atoms with E-state index in [0.29, 0.717) is 5.56 Å². The van der Waals surface area contributed by atoms with Gasteiger partial charge in [0, 0.05) is 0 Å². The van der Waals surface area contributed by atoms with E-state index in [1.807, 2.05) is 0 Å². The molecule has 0 spiro atoms. The van der Waals surface area contributed by atoms with Crippen molar-refractivity contribution in [1.29, 1.82) is 0 Å². The quantitative estimate of drug-likeness (QED) is 0.720. The standard InChI is InChI=1S/C13H13F3O/c1-5-12(2,3)9-6-7-11(17-4)10(8-9)13(14,15)16/h1,6-8H,2-4H3. The van der Waals surface area contributed by atoms with Gasteiger partial charge in [0.05, 0.1) is 18.1 Å². The Kier molecular flexibility index (Phi) is 3.42. The molecule has 0 saturated carbocycles. The Morgan fingerprint density at radius 2 is 1.82 bits per heavy atom. The maximum Gasteiger partial charge on any atom is 0.419 e. The zero-order chi connectivity index (χ0) is 13.3. The molecular formula is C13H13F3O. The van der Waals surface area contributed by atoms with Gasteiger partial charge in [0.2, 0.25) is 0 Å². The summed E-state index contributed by atoms with van der Waals surface area (Å²) in [5.74, 6) is 2.27. The fraction of sp³-hybridized carbons (Fsp3) is 0.385. The fourth-order valence-corrected chi connectivity index (χ4v) is 1.40. The van der Waals surface area contributed by atoms with Crippen LogP contribution in [0.5, 0.6) is 5.75 Å². The van der Waals surface area contributed by atoms with E-state index in [1.165, 1.54) is 13.2 Å². The number of methoxy groups -OCH3 is 1. The van der Waals surface area contributed by atoms with Crippen LogP contribution in [0.15, 0.2) is 18.2 Å². The van der Waals surface area contributed by atoms with Crippen LogP contribution < -0.4 is 4.74 Å². The minimum Gasteiger partial charge on any atom is -0.496 e. The number of terminal acetylenes is 1. The van der Waals surface area contributed by atoms with Crippen molar-refractivity contribution in [2.45, 2.75) is 25.4 Å². The molecule has 1 aromatic rings. The third-order valence-corrected chi connectivity index (χ3v) is 2.59. The van der Waals surface area contributed by atoms with Gasteiger partial charge in [-0.1, -0.05) is 12.0 Å². The molecular weight excluding hydrogens is 229 g/mol. The Labute approximate surface area is 98.6 Å². The molecule has 17 heavy (non-hydrogen) atoms. The van der Waals surface area contributed by atoms with E-state index in [0.717, 1.165) is 6.07 Å². The molecule has 0 fully saturated rings. The summed E-state index contributed by atoms with van der Waals surface area (Å²) < 4.78 is 43.0. The lowest BCUT2D eigenvalue weighted by atomic mass is 9.84. The minimum absolute atomic E-state index is 0.200. The maximum absolute atomic E-state index is 12.8. The normalized spacial score (nSPS) is 12.1. The van der Waals surface area contributed by atoms with Gasteiger partial charge >= 0.3 is 6.18 Å². The number of hydrogen-bond donors (Lipinski definition) is 0. The van der Waals surface area contributed by atoms with E-state index in [9.17, 15) is 13.2 Å². The molecule has 1 nitrogen and oxygen atoms in total. The summed E-state index contributed by atoms with van der Waals surface area (Å²) in [4.78, 5) is 0. The molecule has 1 aromatic carbocycles. The van der Waals surface area contributed by atoms with Crippen molar-refractivity contribution in [3.8, 4) is 18.1 Å². The molecule has 4 heteroatoms. The molecule has 0 aliphatic heterocycles. The first-order valence-electron chi connectivity index (χ1n) is 4.96. The second-order valence-electron chi connectivity index (χ2n) is 4.18. The van der Waals surface area contributed by atoms with Gasteiger partial charge in [-0.2, -0.15) is 13.2 Å². The average Bonchev–Trinajstić information content (AvgIpc) is 2.27. The summed E-state index contributed by atoms with van der Waals surface area (Å²) >= 11 is 0. The van der Waals surface area contributed by atoms with Crippen LogP contribution in [0, 0.1) is 12.3 Å². The van der Waals surface area contributed by atoms with E-state index in [2.05, 4.69) is 5.92 Å². The Hall–Kier alpha value is -1.63. The third kappa shape index (κ3) is 2.73. The lowest BCUT2D eigenvalue weighted by Crippen LogP contribution is -2.16.